The van der Waals surface area contributed by atoms with Crippen LogP contribution in [-0.2, 0) is 20.0 Å². The molecule has 1 aromatic carbocycles. The number of amides is 1. The van der Waals surface area contributed by atoms with Crippen molar-refractivity contribution in [1.29, 1.82) is 0 Å². The van der Waals surface area contributed by atoms with E-state index >= 15 is 0 Å². The highest BCUT2D eigenvalue weighted by atomic mass is 79.9. The Labute approximate surface area is 148 Å². The molecular weight excluding hydrogens is 368 g/mol. The zero-order valence-electron chi connectivity index (χ0n) is 13.6. The van der Waals surface area contributed by atoms with Crippen LogP contribution in [0.3, 0.4) is 0 Å². The predicted octanol–water partition coefficient (Wildman–Crippen LogP) is 4.12. The molecule has 3 aromatic rings. The molecular formula is C18H19BrN4O. The first-order valence-electron chi connectivity index (χ1n) is 8.24. The minimum absolute atomic E-state index is 0.122. The number of anilines is 1. The first-order chi connectivity index (χ1) is 11.6. The Morgan fingerprint density at radius 3 is 2.92 bits per heavy atom. The van der Waals surface area contributed by atoms with E-state index in [1.165, 1.54) is 19.3 Å². The van der Waals surface area contributed by atoms with Gasteiger partial charge in [-0.25, -0.2) is 4.98 Å². The standard InChI is InChI=1S/C18H19BrN4O/c1-22-11-12(19)9-16(22)18(24)20-13-6-7-15-14(10-13)21-17-5-3-2-4-8-23(15)17/h6-7,9-11H,2-5,8H2,1H3,(H,20,24). The maximum absolute atomic E-state index is 12.4. The number of aryl methyl sites for hydroxylation is 3. The van der Waals surface area contributed by atoms with Crippen LogP contribution in [0.1, 0.15) is 35.6 Å². The molecule has 0 saturated carbocycles. The highest BCUT2D eigenvalue weighted by Gasteiger charge is 2.15. The first kappa shape index (κ1) is 15.4. The summed E-state index contributed by atoms with van der Waals surface area (Å²) >= 11 is 3.39. The van der Waals surface area contributed by atoms with Crippen molar-refractivity contribution in [2.24, 2.45) is 7.05 Å². The minimum atomic E-state index is -0.122. The number of hydrogen-bond donors (Lipinski definition) is 1. The molecule has 124 valence electrons. The molecule has 0 spiro atoms. The summed E-state index contributed by atoms with van der Waals surface area (Å²) < 4.78 is 5.02. The van der Waals surface area contributed by atoms with Gasteiger partial charge in [-0.3, -0.25) is 4.79 Å². The summed E-state index contributed by atoms with van der Waals surface area (Å²) in [6.07, 6.45) is 6.58. The fraction of sp³-hybridized carbons (Fsp3) is 0.333. The van der Waals surface area contributed by atoms with Crippen molar-refractivity contribution in [2.75, 3.05) is 5.32 Å². The van der Waals surface area contributed by atoms with E-state index in [0.29, 0.717) is 5.69 Å². The molecule has 6 heteroatoms. The van der Waals surface area contributed by atoms with Crippen LogP contribution < -0.4 is 5.32 Å². The van der Waals surface area contributed by atoms with Gasteiger partial charge in [-0.1, -0.05) is 6.42 Å². The maximum Gasteiger partial charge on any atom is 0.272 e. The van der Waals surface area contributed by atoms with Crippen LogP contribution in [0.15, 0.2) is 34.9 Å². The molecule has 24 heavy (non-hydrogen) atoms. The van der Waals surface area contributed by atoms with E-state index < -0.39 is 0 Å². The molecule has 0 fully saturated rings. The van der Waals surface area contributed by atoms with Gasteiger partial charge in [-0.15, -0.1) is 0 Å². The Bertz CT molecular complexity index is 925. The fourth-order valence-corrected chi connectivity index (χ4v) is 3.90. The van der Waals surface area contributed by atoms with Crippen molar-refractivity contribution in [3.8, 4) is 0 Å². The number of imidazole rings is 1. The summed E-state index contributed by atoms with van der Waals surface area (Å²) in [7, 11) is 1.86. The van der Waals surface area contributed by atoms with Crippen LogP contribution in [0.2, 0.25) is 0 Å². The van der Waals surface area contributed by atoms with E-state index in [-0.39, 0.29) is 5.91 Å². The number of nitrogens with one attached hydrogen (secondary N) is 1. The van der Waals surface area contributed by atoms with Gasteiger partial charge in [0.1, 0.15) is 11.5 Å². The van der Waals surface area contributed by atoms with Crippen molar-refractivity contribution in [1.82, 2.24) is 14.1 Å². The number of fused-ring (bicyclic) bond motifs is 3. The van der Waals surface area contributed by atoms with Crippen molar-refractivity contribution >= 4 is 38.6 Å². The van der Waals surface area contributed by atoms with E-state index in [1.54, 1.807) is 4.57 Å². The SMILES string of the molecule is Cn1cc(Br)cc1C(=O)Nc1ccc2c(c1)nc1n2CCCCC1. The lowest BCUT2D eigenvalue weighted by atomic mass is 10.2. The molecule has 1 aliphatic heterocycles. The second-order valence-electron chi connectivity index (χ2n) is 6.30. The minimum Gasteiger partial charge on any atom is -0.345 e. The third-order valence-electron chi connectivity index (χ3n) is 4.57. The molecule has 5 nitrogen and oxygen atoms in total. The van der Waals surface area contributed by atoms with Gasteiger partial charge in [0, 0.05) is 36.4 Å². The smallest absolute Gasteiger partial charge is 0.272 e. The van der Waals surface area contributed by atoms with Crippen LogP contribution in [0.5, 0.6) is 0 Å². The van der Waals surface area contributed by atoms with Gasteiger partial charge in [-0.05, 0) is 53.0 Å². The molecule has 0 aliphatic carbocycles. The van der Waals surface area contributed by atoms with Crippen molar-refractivity contribution in [2.45, 2.75) is 32.2 Å². The average Bonchev–Trinajstić information content (AvgIpc) is 2.96. The van der Waals surface area contributed by atoms with E-state index in [2.05, 4.69) is 31.9 Å². The number of hydrogen-bond acceptors (Lipinski definition) is 2. The Kier molecular flexibility index (Phi) is 3.92. The zero-order chi connectivity index (χ0) is 16.7. The molecule has 1 amide bonds. The lowest BCUT2D eigenvalue weighted by Crippen LogP contribution is -2.15. The number of rotatable bonds is 2. The van der Waals surface area contributed by atoms with Gasteiger partial charge in [0.05, 0.1) is 11.0 Å². The number of benzene rings is 1. The third-order valence-corrected chi connectivity index (χ3v) is 5.01. The van der Waals surface area contributed by atoms with Gasteiger partial charge in [0.15, 0.2) is 0 Å². The Morgan fingerprint density at radius 2 is 2.12 bits per heavy atom. The van der Waals surface area contributed by atoms with E-state index in [9.17, 15) is 4.79 Å². The Balaban J connectivity index is 1.63. The van der Waals surface area contributed by atoms with Gasteiger partial charge < -0.3 is 14.5 Å². The van der Waals surface area contributed by atoms with Crippen LogP contribution in [0.4, 0.5) is 5.69 Å². The summed E-state index contributed by atoms with van der Waals surface area (Å²) in [5.41, 5.74) is 3.50. The lowest BCUT2D eigenvalue weighted by Gasteiger charge is -2.07. The van der Waals surface area contributed by atoms with Crippen LogP contribution in [-0.4, -0.2) is 20.0 Å². The highest BCUT2D eigenvalue weighted by molar-refractivity contribution is 9.10. The molecule has 1 aliphatic rings. The van der Waals surface area contributed by atoms with Gasteiger partial charge in [0.25, 0.3) is 5.91 Å². The van der Waals surface area contributed by atoms with Crippen LogP contribution in [0.25, 0.3) is 11.0 Å². The normalized spacial score (nSPS) is 14.4. The predicted molar refractivity (Wildman–Crippen MR) is 98.4 cm³/mol. The van der Waals surface area contributed by atoms with E-state index in [0.717, 1.165) is 40.0 Å². The maximum atomic E-state index is 12.4. The molecule has 1 N–H and O–H groups in total. The van der Waals surface area contributed by atoms with Gasteiger partial charge in [0.2, 0.25) is 0 Å². The largest absolute Gasteiger partial charge is 0.345 e. The quantitative estimate of drug-likeness (QED) is 0.719. The summed E-state index contributed by atoms with van der Waals surface area (Å²) in [5, 5.41) is 2.97. The van der Waals surface area contributed by atoms with E-state index in [4.69, 9.17) is 4.98 Å². The topological polar surface area (TPSA) is 51.9 Å². The number of halogens is 1. The highest BCUT2D eigenvalue weighted by Crippen LogP contribution is 2.25. The second kappa shape index (κ2) is 6.09. The molecule has 0 atom stereocenters. The number of carbonyl (C=O) groups excluding carboxylic acids is 1. The molecule has 0 saturated heterocycles. The molecule has 2 aromatic heterocycles. The monoisotopic (exact) mass is 386 g/mol. The number of nitrogens with zero attached hydrogens (tertiary/aromatic N) is 3. The summed E-state index contributed by atoms with van der Waals surface area (Å²) in [6.45, 7) is 1.04. The van der Waals surface area contributed by atoms with Crippen molar-refractivity contribution in [3.63, 3.8) is 0 Å². The number of aromatic nitrogens is 3. The van der Waals surface area contributed by atoms with Crippen molar-refractivity contribution in [3.05, 3.63) is 46.5 Å². The van der Waals surface area contributed by atoms with Crippen molar-refractivity contribution < 1.29 is 4.79 Å². The van der Waals surface area contributed by atoms with Gasteiger partial charge in [-0.2, -0.15) is 0 Å². The summed E-state index contributed by atoms with van der Waals surface area (Å²) in [6, 6.07) is 7.80. The number of carbonyl (C=O) groups is 1. The third kappa shape index (κ3) is 2.75. The molecule has 4 rings (SSSR count). The summed E-state index contributed by atoms with van der Waals surface area (Å²) in [5.74, 6) is 1.04. The molecule has 0 radical (unpaired) electrons. The van der Waals surface area contributed by atoms with Crippen LogP contribution in [0, 0.1) is 0 Å². The van der Waals surface area contributed by atoms with Gasteiger partial charge >= 0.3 is 0 Å². The molecule has 3 heterocycles. The average molecular weight is 387 g/mol. The summed E-state index contributed by atoms with van der Waals surface area (Å²) in [4.78, 5) is 17.2. The second-order valence-corrected chi connectivity index (χ2v) is 7.22. The first-order valence-corrected chi connectivity index (χ1v) is 9.03. The zero-order valence-corrected chi connectivity index (χ0v) is 15.1. The van der Waals surface area contributed by atoms with E-state index in [1.807, 2.05) is 31.4 Å². The van der Waals surface area contributed by atoms with Crippen LogP contribution >= 0.6 is 15.9 Å². The Hall–Kier alpha value is -2.08. The molecule has 0 unspecified atom stereocenters. The fourth-order valence-electron chi connectivity index (χ4n) is 3.37. The Morgan fingerprint density at radius 1 is 1.25 bits per heavy atom. The molecule has 0 bridgehead atoms. The lowest BCUT2D eigenvalue weighted by molar-refractivity contribution is 0.101.